The number of aryl methyl sites for hydroxylation is 1. The van der Waals surface area contributed by atoms with Gasteiger partial charge in [-0.3, -0.25) is 9.69 Å². The zero-order chi connectivity index (χ0) is 20.5. The fourth-order valence-electron chi connectivity index (χ4n) is 3.80. The number of fused-ring (bicyclic) bond motifs is 1. The molecular formula is C21H22N6O3. The smallest absolute Gasteiger partial charge is 0.253 e. The number of ether oxygens (including phenoxy) is 2. The minimum Gasteiger partial charge on any atom is -0.454 e. The van der Waals surface area contributed by atoms with Gasteiger partial charge in [-0.05, 0) is 59.3 Å². The van der Waals surface area contributed by atoms with Crippen molar-refractivity contribution < 1.29 is 14.3 Å². The molecule has 0 aliphatic carbocycles. The second-order valence-electron chi connectivity index (χ2n) is 7.44. The van der Waals surface area contributed by atoms with E-state index in [2.05, 4.69) is 26.5 Å². The molecule has 9 nitrogen and oxygen atoms in total. The molecule has 3 heterocycles. The van der Waals surface area contributed by atoms with Crippen LogP contribution in [0.4, 0.5) is 0 Å². The van der Waals surface area contributed by atoms with Gasteiger partial charge < -0.3 is 14.4 Å². The van der Waals surface area contributed by atoms with E-state index in [-0.39, 0.29) is 12.7 Å². The molecule has 0 spiro atoms. The summed E-state index contributed by atoms with van der Waals surface area (Å²) in [6.45, 7) is 6.04. The van der Waals surface area contributed by atoms with Crippen molar-refractivity contribution in [2.24, 2.45) is 0 Å². The molecule has 3 aromatic rings. The number of rotatable bonds is 4. The van der Waals surface area contributed by atoms with Crippen LogP contribution in [0.5, 0.6) is 11.5 Å². The van der Waals surface area contributed by atoms with Crippen molar-refractivity contribution in [1.82, 2.24) is 30.0 Å². The molecule has 9 heteroatoms. The Balaban J connectivity index is 1.18. The van der Waals surface area contributed by atoms with Crippen LogP contribution in [0.2, 0.25) is 0 Å². The van der Waals surface area contributed by atoms with Gasteiger partial charge in [0.05, 0.1) is 5.69 Å². The number of aromatic nitrogens is 4. The third-order valence-electron chi connectivity index (χ3n) is 5.49. The van der Waals surface area contributed by atoms with Crippen molar-refractivity contribution >= 4 is 5.91 Å². The average molecular weight is 406 g/mol. The number of carbonyl (C=O) groups excluding carboxylic acids is 1. The second kappa shape index (κ2) is 7.75. The van der Waals surface area contributed by atoms with E-state index in [1.54, 1.807) is 4.68 Å². The van der Waals surface area contributed by atoms with Crippen molar-refractivity contribution in [2.45, 2.75) is 13.5 Å². The summed E-state index contributed by atoms with van der Waals surface area (Å²) < 4.78 is 12.5. The highest BCUT2D eigenvalue weighted by Crippen LogP contribution is 2.32. The first-order valence-electron chi connectivity index (χ1n) is 9.93. The lowest BCUT2D eigenvalue weighted by molar-refractivity contribution is 0.0628. The number of tetrazole rings is 1. The number of piperazine rings is 1. The number of benzene rings is 2. The van der Waals surface area contributed by atoms with Crippen LogP contribution in [0.15, 0.2) is 42.5 Å². The van der Waals surface area contributed by atoms with Gasteiger partial charge in [0.15, 0.2) is 17.3 Å². The van der Waals surface area contributed by atoms with Gasteiger partial charge in [-0.1, -0.05) is 6.07 Å². The Morgan fingerprint density at radius 2 is 1.77 bits per heavy atom. The van der Waals surface area contributed by atoms with Gasteiger partial charge in [0.1, 0.15) is 0 Å². The van der Waals surface area contributed by atoms with E-state index in [1.165, 1.54) is 5.56 Å². The van der Waals surface area contributed by atoms with Gasteiger partial charge >= 0.3 is 0 Å². The summed E-state index contributed by atoms with van der Waals surface area (Å²) in [6, 6.07) is 13.5. The molecule has 2 aromatic carbocycles. The molecule has 1 fully saturated rings. The van der Waals surface area contributed by atoms with Crippen molar-refractivity contribution in [3.63, 3.8) is 0 Å². The van der Waals surface area contributed by atoms with Gasteiger partial charge in [0.2, 0.25) is 6.79 Å². The van der Waals surface area contributed by atoms with Crippen LogP contribution in [0, 0.1) is 6.92 Å². The van der Waals surface area contributed by atoms with Crippen molar-refractivity contribution in [3.8, 4) is 17.2 Å². The lowest BCUT2D eigenvalue weighted by atomic mass is 10.1. The summed E-state index contributed by atoms with van der Waals surface area (Å²) in [4.78, 5) is 17.1. The maximum Gasteiger partial charge on any atom is 0.253 e. The molecule has 1 aromatic heterocycles. The maximum atomic E-state index is 12.9. The molecular weight excluding hydrogens is 384 g/mol. The van der Waals surface area contributed by atoms with Crippen molar-refractivity contribution in [3.05, 3.63) is 59.4 Å². The first-order valence-corrected chi connectivity index (χ1v) is 9.93. The number of carbonyl (C=O) groups is 1. The fourth-order valence-corrected chi connectivity index (χ4v) is 3.80. The average Bonchev–Trinajstić information content (AvgIpc) is 3.42. The van der Waals surface area contributed by atoms with Crippen LogP contribution in [-0.2, 0) is 6.54 Å². The molecule has 1 saturated heterocycles. The third kappa shape index (κ3) is 3.59. The Morgan fingerprint density at radius 1 is 1.00 bits per heavy atom. The number of hydrogen-bond acceptors (Lipinski definition) is 7. The summed E-state index contributed by atoms with van der Waals surface area (Å²) in [5.74, 6) is 2.36. The number of hydrogen-bond donors (Lipinski definition) is 0. The summed E-state index contributed by atoms with van der Waals surface area (Å²) in [6.07, 6.45) is 0. The topological polar surface area (TPSA) is 85.6 Å². The molecule has 30 heavy (non-hydrogen) atoms. The number of nitrogens with zero attached hydrogens (tertiary/aromatic N) is 6. The lowest BCUT2D eigenvalue weighted by Gasteiger charge is -2.34. The van der Waals surface area contributed by atoms with Crippen molar-refractivity contribution in [2.75, 3.05) is 33.0 Å². The molecule has 154 valence electrons. The molecule has 0 N–H and O–H groups in total. The minimum atomic E-state index is 0.0534. The molecule has 0 unspecified atom stereocenters. The van der Waals surface area contributed by atoms with Crippen molar-refractivity contribution in [1.29, 1.82) is 0 Å². The van der Waals surface area contributed by atoms with Crippen LogP contribution < -0.4 is 9.47 Å². The van der Waals surface area contributed by atoms with Gasteiger partial charge in [0, 0.05) is 38.3 Å². The Labute approximate surface area is 173 Å². The Morgan fingerprint density at radius 3 is 2.50 bits per heavy atom. The summed E-state index contributed by atoms with van der Waals surface area (Å²) in [7, 11) is 0. The normalized spacial score (nSPS) is 16.1. The van der Waals surface area contributed by atoms with Gasteiger partial charge in [-0.25, -0.2) is 0 Å². The lowest BCUT2D eigenvalue weighted by Crippen LogP contribution is -2.48. The monoisotopic (exact) mass is 406 g/mol. The molecule has 2 aliphatic heterocycles. The zero-order valence-electron chi connectivity index (χ0n) is 16.7. The summed E-state index contributed by atoms with van der Waals surface area (Å²) in [5, 5.41) is 11.5. The third-order valence-corrected chi connectivity index (χ3v) is 5.49. The van der Waals surface area contributed by atoms with Crippen LogP contribution in [0.3, 0.4) is 0 Å². The predicted molar refractivity (Wildman–Crippen MR) is 108 cm³/mol. The van der Waals surface area contributed by atoms with E-state index in [4.69, 9.17) is 9.47 Å². The Kier molecular flexibility index (Phi) is 4.80. The predicted octanol–water partition coefficient (Wildman–Crippen LogP) is 1.66. The first kappa shape index (κ1) is 18.6. The van der Waals surface area contributed by atoms with E-state index >= 15 is 0 Å². The highest BCUT2D eigenvalue weighted by molar-refractivity contribution is 5.94. The molecule has 0 saturated carbocycles. The number of amides is 1. The highest BCUT2D eigenvalue weighted by atomic mass is 16.7. The van der Waals surface area contributed by atoms with E-state index in [9.17, 15) is 4.79 Å². The standard InChI is InChI=1S/C21H22N6O3/c1-15-22-23-24-27(15)18-5-3-17(4-6-18)21(28)26-10-8-25(9-11-26)13-16-2-7-19-20(12-16)30-14-29-19/h2-7,12H,8-11,13-14H2,1H3. The molecule has 1 amide bonds. The van der Waals surface area contributed by atoms with E-state index in [0.717, 1.165) is 36.8 Å². The van der Waals surface area contributed by atoms with E-state index < -0.39 is 0 Å². The molecule has 0 atom stereocenters. The maximum absolute atomic E-state index is 12.9. The SMILES string of the molecule is Cc1nnnn1-c1ccc(C(=O)N2CCN(Cc3ccc4c(c3)OCO4)CC2)cc1. The Hall–Kier alpha value is -3.46. The molecule has 5 rings (SSSR count). The molecule has 0 bridgehead atoms. The van der Waals surface area contributed by atoms with Crippen LogP contribution in [-0.4, -0.2) is 68.9 Å². The Bertz CT molecular complexity index is 1060. The summed E-state index contributed by atoms with van der Waals surface area (Å²) in [5.41, 5.74) is 2.70. The van der Waals surface area contributed by atoms with E-state index in [0.29, 0.717) is 24.5 Å². The van der Waals surface area contributed by atoms with Gasteiger partial charge in [-0.2, -0.15) is 4.68 Å². The minimum absolute atomic E-state index is 0.0534. The van der Waals surface area contributed by atoms with Gasteiger partial charge in [-0.15, -0.1) is 5.10 Å². The molecule has 0 radical (unpaired) electrons. The second-order valence-corrected chi connectivity index (χ2v) is 7.44. The quantitative estimate of drug-likeness (QED) is 0.651. The zero-order valence-corrected chi connectivity index (χ0v) is 16.7. The fraction of sp³-hybridized carbons (Fsp3) is 0.333. The van der Waals surface area contributed by atoms with Crippen LogP contribution >= 0.6 is 0 Å². The molecule has 2 aliphatic rings. The highest BCUT2D eigenvalue weighted by Gasteiger charge is 2.23. The first-order chi connectivity index (χ1) is 14.7. The van der Waals surface area contributed by atoms with Crippen LogP contribution in [0.1, 0.15) is 21.7 Å². The van der Waals surface area contributed by atoms with E-state index in [1.807, 2.05) is 48.2 Å². The largest absolute Gasteiger partial charge is 0.454 e. The van der Waals surface area contributed by atoms with Crippen LogP contribution in [0.25, 0.3) is 5.69 Å². The van der Waals surface area contributed by atoms with Gasteiger partial charge in [0.25, 0.3) is 5.91 Å². The summed E-state index contributed by atoms with van der Waals surface area (Å²) >= 11 is 0.